The van der Waals surface area contributed by atoms with Crippen LogP contribution < -0.4 is 4.74 Å². The molecule has 0 bridgehead atoms. The van der Waals surface area contributed by atoms with Crippen molar-refractivity contribution in [3.63, 3.8) is 0 Å². The van der Waals surface area contributed by atoms with Gasteiger partial charge in [0, 0.05) is 6.07 Å². The van der Waals surface area contributed by atoms with E-state index in [0.29, 0.717) is 22.1 Å². The van der Waals surface area contributed by atoms with Crippen LogP contribution in [0.1, 0.15) is 27.2 Å². The van der Waals surface area contributed by atoms with Gasteiger partial charge < -0.3 is 4.74 Å². The van der Waals surface area contributed by atoms with Crippen LogP contribution in [0.3, 0.4) is 0 Å². The van der Waals surface area contributed by atoms with Crippen LogP contribution in [-0.4, -0.2) is 22.3 Å². The monoisotopic (exact) mass is 260 g/mol. The Morgan fingerprint density at radius 2 is 2.06 bits per heavy atom. The molecule has 0 saturated heterocycles. The van der Waals surface area contributed by atoms with Gasteiger partial charge in [-0.15, -0.1) is 0 Å². The highest BCUT2D eigenvalue weighted by Crippen LogP contribution is 2.20. The number of rotatable bonds is 5. The summed E-state index contributed by atoms with van der Waals surface area (Å²) in [5.41, 5.74) is 0. The lowest BCUT2D eigenvalue weighted by Crippen LogP contribution is -2.15. The summed E-state index contributed by atoms with van der Waals surface area (Å²) < 4.78 is 5.70. The lowest BCUT2D eigenvalue weighted by Gasteiger charge is -2.16. The van der Waals surface area contributed by atoms with Gasteiger partial charge in [-0.25, -0.2) is 4.98 Å². The molecule has 0 aliphatic carbocycles. The summed E-state index contributed by atoms with van der Waals surface area (Å²) >= 11 is 7.32. The molecule has 5 heteroatoms. The van der Waals surface area contributed by atoms with Crippen molar-refractivity contribution in [1.29, 1.82) is 0 Å². The first-order chi connectivity index (χ1) is 7.51. The molecule has 0 aliphatic heterocycles. The second kappa shape index (κ2) is 6.30. The van der Waals surface area contributed by atoms with Gasteiger partial charge in [-0.1, -0.05) is 37.2 Å². The minimum atomic E-state index is 0.140. The molecule has 90 valence electrons. The molecule has 1 aromatic rings. The third-order valence-corrected chi connectivity index (χ3v) is 2.70. The third-order valence-electron chi connectivity index (χ3n) is 1.96. The van der Waals surface area contributed by atoms with Crippen molar-refractivity contribution in [1.82, 2.24) is 9.97 Å². The van der Waals surface area contributed by atoms with Gasteiger partial charge in [0.1, 0.15) is 5.15 Å². The zero-order valence-electron chi connectivity index (χ0n) is 10.0. The van der Waals surface area contributed by atoms with E-state index in [4.69, 9.17) is 16.3 Å². The molecule has 0 saturated carbocycles. The van der Waals surface area contributed by atoms with E-state index >= 15 is 0 Å². The lowest BCUT2D eigenvalue weighted by atomic mass is 10.1. The minimum Gasteiger partial charge on any atom is -0.474 e. The summed E-state index contributed by atoms with van der Waals surface area (Å²) in [6.45, 7) is 6.37. The number of nitrogens with zero attached hydrogens (tertiary/aromatic N) is 2. The van der Waals surface area contributed by atoms with Gasteiger partial charge in [-0.05, 0) is 25.5 Å². The molecule has 1 atom stereocenters. The predicted octanol–water partition coefficient (Wildman–Crippen LogP) is 3.67. The summed E-state index contributed by atoms with van der Waals surface area (Å²) in [6.07, 6.45) is 3.05. The van der Waals surface area contributed by atoms with Gasteiger partial charge in [0.05, 0.1) is 6.10 Å². The molecule has 0 aromatic carbocycles. The third kappa shape index (κ3) is 4.58. The normalized spacial score (nSPS) is 12.9. The van der Waals surface area contributed by atoms with Gasteiger partial charge in [0.15, 0.2) is 5.16 Å². The van der Waals surface area contributed by atoms with E-state index in [9.17, 15) is 0 Å². The number of ether oxygens (including phenoxy) is 1. The zero-order chi connectivity index (χ0) is 12.1. The molecular weight excluding hydrogens is 244 g/mol. The average Bonchev–Trinajstić information content (AvgIpc) is 2.14. The minimum absolute atomic E-state index is 0.140. The highest BCUT2D eigenvalue weighted by molar-refractivity contribution is 7.98. The molecular formula is C11H17ClN2OS. The van der Waals surface area contributed by atoms with E-state index in [-0.39, 0.29) is 6.10 Å². The maximum atomic E-state index is 5.87. The molecule has 1 aromatic heterocycles. The predicted molar refractivity (Wildman–Crippen MR) is 68.4 cm³/mol. The molecule has 0 aliphatic rings. The lowest BCUT2D eigenvalue weighted by molar-refractivity contribution is 0.184. The largest absolute Gasteiger partial charge is 0.474 e. The van der Waals surface area contributed by atoms with Crippen molar-refractivity contribution in [2.75, 3.05) is 6.26 Å². The molecule has 0 radical (unpaired) electrons. The number of halogens is 1. The quantitative estimate of drug-likeness (QED) is 0.460. The summed E-state index contributed by atoms with van der Waals surface area (Å²) in [7, 11) is 0. The van der Waals surface area contributed by atoms with E-state index in [2.05, 4.69) is 23.8 Å². The van der Waals surface area contributed by atoms with Gasteiger partial charge in [0.25, 0.3) is 0 Å². The van der Waals surface area contributed by atoms with Crippen LogP contribution in [-0.2, 0) is 0 Å². The van der Waals surface area contributed by atoms with Crippen molar-refractivity contribution in [2.24, 2.45) is 5.92 Å². The van der Waals surface area contributed by atoms with Crippen molar-refractivity contribution < 1.29 is 4.74 Å². The summed E-state index contributed by atoms with van der Waals surface area (Å²) in [5, 5.41) is 1.06. The summed E-state index contributed by atoms with van der Waals surface area (Å²) in [5.74, 6) is 1.16. The number of hydrogen-bond donors (Lipinski definition) is 0. The smallest absolute Gasteiger partial charge is 0.219 e. The fraction of sp³-hybridized carbons (Fsp3) is 0.636. The molecule has 16 heavy (non-hydrogen) atoms. The second-order valence-electron chi connectivity index (χ2n) is 4.07. The Morgan fingerprint density at radius 3 is 2.62 bits per heavy atom. The van der Waals surface area contributed by atoms with Crippen molar-refractivity contribution in [3.8, 4) is 5.88 Å². The first-order valence-corrected chi connectivity index (χ1v) is 6.86. The molecule has 0 amide bonds. The topological polar surface area (TPSA) is 35.0 Å². The van der Waals surface area contributed by atoms with Gasteiger partial charge >= 0.3 is 0 Å². The highest BCUT2D eigenvalue weighted by Gasteiger charge is 2.09. The fourth-order valence-electron chi connectivity index (χ4n) is 1.45. The number of thioether (sulfide) groups is 1. The molecule has 3 nitrogen and oxygen atoms in total. The van der Waals surface area contributed by atoms with Gasteiger partial charge in [-0.2, -0.15) is 4.98 Å². The number of hydrogen-bond acceptors (Lipinski definition) is 4. The fourth-order valence-corrected chi connectivity index (χ4v) is 2.04. The second-order valence-corrected chi connectivity index (χ2v) is 5.23. The SMILES string of the molecule is CSc1nc(Cl)cc(OC(C)CC(C)C)n1. The molecule has 1 unspecified atom stereocenters. The van der Waals surface area contributed by atoms with Crippen LogP contribution in [0.5, 0.6) is 5.88 Å². The van der Waals surface area contributed by atoms with Crippen LogP contribution in [0.4, 0.5) is 0 Å². The van der Waals surface area contributed by atoms with Crippen molar-refractivity contribution >= 4 is 23.4 Å². The van der Waals surface area contributed by atoms with Crippen LogP contribution in [0.25, 0.3) is 0 Å². The zero-order valence-corrected chi connectivity index (χ0v) is 11.6. The Kier molecular flexibility index (Phi) is 5.35. The van der Waals surface area contributed by atoms with Crippen molar-refractivity contribution in [3.05, 3.63) is 11.2 Å². The van der Waals surface area contributed by atoms with E-state index < -0.39 is 0 Å². The highest BCUT2D eigenvalue weighted by atomic mass is 35.5. The summed E-state index contributed by atoms with van der Waals surface area (Å²) in [6, 6.07) is 1.65. The molecule has 0 spiro atoms. The molecule has 1 heterocycles. The Morgan fingerprint density at radius 1 is 1.38 bits per heavy atom. The van der Waals surface area contributed by atoms with Crippen LogP contribution >= 0.6 is 23.4 Å². The first-order valence-electron chi connectivity index (χ1n) is 5.26. The van der Waals surface area contributed by atoms with E-state index in [1.165, 1.54) is 11.8 Å². The Labute approximate surface area is 106 Å². The maximum absolute atomic E-state index is 5.87. The standard InChI is InChI=1S/C11H17ClN2OS/c1-7(2)5-8(3)15-10-6-9(12)13-11(14-10)16-4/h6-8H,5H2,1-4H3. The van der Waals surface area contributed by atoms with E-state index in [1.54, 1.807) is 6.07 Å². The van der Waals surface area contributed by atoms with Crippen LogP contribution in [0, 0.1) is 5.92 Å². The number of aromatic nitrogens is 2. The maximum Gasteiger partial charge on any atom is 0.219 e. The molecule has 0 fully saturated rings. The summed E-state index contributed by atoms with van der Waals surface area (Å²) in [4.78, 5) is 8.30. The molecule has 0 N–H and O–H groups in total. The van der Waals surface area contributed by atoms with Crippen molar-refractivity contribution in [2.45, 2.75) is 38.5 Å². The van der Waals surface area contributed by atoms with E-state index in [0.717, 1.165) is 6.42 Å². The Balaban J connectivity index is 2.69. The average molecular weight is 261 g/mol. The van der Waals surface area contributed by atoms with Crippen LogP contribution in [0.15, 0.2) is 11.2 Å². The Bertz CT molecular complexity index is 347. The Hall–Kier alpha value is -0.480. The first kappa shape index (κ1) is 13.6. The van der Waals surface area contributed by atoms with Crippen LogP contribution in [0.2, 0.25) is 5.15 Å². The van der Waals surface area contributed by atoms with E-state index in [1.807, 2.05) is 13.2 Å². The van der Waals surface area contributed by atoms with Gasteiger partial charge in [-0.3, -0.25) is 0 Å². The molecule has 1 rings (SSSR count). The van der Waals surface area contributed by atoms with Gasteiger partial charge in [0.2, 0.25) is 5.88 Å².